The number of likely N-dealkylation sites (N-methyl/N-ethyl adjacent to an activating group) is 1. The molecule has 0 radical (unpaired) electrons. The Kier molecular flexibility index (Phi) is 5.73. The van der Waals surface area contributed by atoms with Crippen LogP contribution in [0.1, 0.15) is 12.6 Å². The second-order valence-electron chi connectivity index (χ2n) is 4.79. The van der Waals surface area contributed by atoms with E-state index in [0.29, 0.717) is 11.6 Å². The number of carbonyl (C=O) groups is 1. The van der Waals surface area contributed by atoms with Gasteiger partial charge in [-0.1, -0.05) is 29.8 Å². The summed E-state index contributed by atoms with van der Waals surface area (Å²) in [6.45, 7) is 2.62. The number of aromatic nitrogens is 1. The van der Waals surface area contributed by atoms with Crippen molar-refractivity contribution >= 4 is 28.8 Å². The standard InChI is InChI=1S/C15H18ClN3OS/c1-10(17-2)8-18-14(20)7-11-9-21-15(19-11)12-5-3-4-6-13(12)16/h3-6,9-10,17H,7-8H2,1-2H3,(H,18,20). The highest BCUT2D eigenvalue weighted by Gasteiger charge is 2.11. The molecule has 0 bridgehead atoms. The minimum Gasteiger partial charge on any atom is -0.354 e. The van der Waals surface area contributed by atoms with Crippen molar-refractivity contribution in [1.29, 1.82) is 0 Å². The molecule has 1 unspecified atom stereocenters. The van der Waals surface area contributed by atoms with E-state index in [9.17, 15) is 4.79 Å². The van der Waals surface area contributed by atoms with Gasteiger partial charge in [-0.2, -0.15) is 0 Å². The molecule has 2 rings (SSSR count). The van der Waals surface area contributed by atoms with Gasteiger partial charge in [0.15, 0.2) is 0 Å². The zero-order chi connectivity index (χ0) is 15.2. The Morgan fingerprint density at radius 2 is 2.19 bits per heavy atom. The van der Waals surface area contributed by atoms with Gasteiger partial charge >= 0.3 is 0 Å². The first-order valence-electron chi connectivity index (χ1n) is 6.73. The summed E-state index contributed by atoms with van der Waals surface area (Å²) in [6.07, 6.45) is 0.289. The van der Waals surface area contributed by atoms with E-state index < -0.39 is 0 Å². The molecule has 1 heterocycles. The van der Waals surface area contributed by atoms with Crippen molar-refractivity contribution < 1.29 is 4.79 Å². The minimum absolute atomic E-state index is 0.0203. The van der Waals surface area contributed by atoms with Crippen molar-refractivity contribution in [2.24, 2.45) is 0 Å². The molecule has 0 saturated carbocycles. The average molecular weight is 324 g/mol. The molecule has 0 saturated heterocycles. The largest absolute Gasteiger partial charge is 0.354 e. The molecule has 1 amide bonds. The van der Waals surface area contributed by atoms with Crippen LogP contribution in [-0.2, 0) is 11.2 Å². The number of hydrogen-bond acceptors (Lipinski definition) is 4. The Balaban J connectivity index is 1.98. The predicted octanol–water partition coefficient (Wildman–Crippen LogP) is 2.73. The highest BCUT2D eigenvalue weighted by molar-refractivity contribution is 7.13. The van der Waals surface area contributed by atoms with Crippen LogP contribution >= 0.6 is 22.9 Å². The van der Waals surface area contributed by atoms with E-state index in [1.165, 1.54) is 11.3 Å². The zero-order valence-electron chi connectivity index (χ0n) is 12.0. The molecule has 0 aliphatic rings. The van der Waals surface area contributed by atoms with Gasteiger partial charge < -0.3 is 10.6 Å². The summed E-state index contributed by atoms with van der Waals surface area (Å²) in [5.41, 5.74) is 1.67. The van der Waals surface area contributed by atoms with Crippen LogP contribution in [0.2, 0.25) is 5.02 Å². The fourth-order valence-electron chi connectivity index (χ4n) is 1.74. The normalized spacial score (nSPS) is 12.1. The number of thiazole rings is 1. The summed E-state index contributed by atoms with van der Waals surface area (Å²) in [7, 11) is 1.87. The maximum absolute atomic E-state index is 11.8. The van der Waals surface area contributed by atoms with Crippen molar-refractivity contribution in [2.75, 3.05) is 13.6 Å². The molecule has 0 aliphatic carbocycles. The lowest BCUT2D eigenvalue weighted by Gasteiger charge is -2.10. The molecule has 1 aromatic heterocycles. The lowest BCUT2D eigenvalue weighted by molar-refractivity contribution is -0.120. The smallest absolute Gasteiger partial charge is 0.226 e. The van der Waals surface area contributed by atoms with E-state index in [-0.39, 0.29) is 18.4 Å². The van der Waals surface area contributed by atoms with Gasteiger partial charge in [-0.25, -0.2) is 4.98 Å². The number of rotatable bonds is 6. The van der Waals surface area contributed by atoms with Crippen molar-refractivity contribution in [3.8, 4) is 10.6 Å². The van der Waals surface area contributed by atoms with Gasteiger partial charge in [0.25, 0.3) is 0 Å². The Hall–Kier alpha value is -1.43. The van der Waals surface area contributed by atoms with E-state index in [0.717, 1.165) is 16.3 Å². The van der Waals surface area contributed by atoms with Gasteiger partial charge in [-0.05, 0) is 20.0 Å². The maximum atomic E-state index is 11.8. The van der Waals surface area contributed by atoms with Crippen LogP contribution < -0.4 is 10.6 Å². The van der Waals surface area contributed by atoms with Crippen LogP contribution in [-0.4, -0.2) is 30.5 Å². The summed E-state index contributed by atoms with van der Waals surface area (Å²) in [4.78, 5) is 16.3. The van der Waals surface area contributed by atoms with E-state index in [2.05, 4.69) is 15.6 Å². The number of nitrogens with zero attached hydrogens (tertiary/aromatic N) is 1. The third-order valence-electron chi connectivity index (χ3n) is 3.10. The molecule has 0 fully saturated rings. The SMILES string of the molecule is CNC(C)CNC(=O)Cc1csc(-c2ccccc2Cl)n1. The van der Waals surface area contributed by atoms with Gasteiger partial charge in [0.05, 0.1) is 17.1 Å². The Labute approximate surface area is 133 Å². The van der Waals surface area contributed by atoms with Crippen LogP contribution in [0.3, 0.4) is 0 Å². The monoisotopic (exact) mass is 323 g/mol. The first kappa shape index (κ1) is 15.9. The van der Waals surface area contributed by atoms with Crippen LogP contribution in [0.15, 0.2) is 29.6 Å². The molecule has 1 atom stereocenters. The number of carbonyl (C=O) groups excluding carboxylic acids is 1. The van der Waals surface area contributed by atoms with Crippen LogP contribution in [0, 0.1) is 0 Å². The number of amides is 1. The van der Waals surface area contributed by atoms with Crippen molar-refractivity contribution in [2.45, 2.75) is 19.4 Å². The molecule has 112 valence electrons. The molecular formula is C15H18ClN3OS. The van der Waals surface area contributed by atoms with Crippen LogP contribution in [0.25, 0.3) is 10.6 Å². The molecule has 0 aliphatic heterocycles. The second kappa shape index (κ2) is 7.54. The Morgan fingerprint density at radius 1 is 1.43 bits per heavy atom. The highest BCUT2D eigenvalue weighted by atomic mass is 35.5. The molecule has 4 nitrogen and oxygen atoms in total. The summed E-state index contributed by atoms with van der Waals surface area (Å²) in [5, 5.41) is 9.37. The molecular weight excluding hydrogens is 306 g/mol. The first-order chi connectivity index (χ1) is 10.1. The lowest BCUT2D eigenvalue weighted by Crippen LogP contribution is -2.37. The zero-order valence-corrected chi connectivity index (χ0v) is 13.6. The molecule has 2 aromatic rings. The van der Waals surface area contributed by atoms with Crippen LogP contribution in [0.4, 0.5) is 0 Å². The second-order valence-corrected chi connectivity index (χ2v) is 6.06. The van der Waals surface area contributed by atoms with Gasteiger partial charge in [-0.15, -0.1) is 11.3 Å². The molecule has 0 spiro atoms. The van der Waals surface area contributed by atoms with E-state index in [1.54, 1.807) is 0 Å². The highest BCUT2D eigenvalue weighted by Crippen LogP contribution is 2.30. The lowest BCUT2D eigenvalue weighted by atomic mass is 10.2. The van der Waals surface area contributed by atoms with Crippen molar-refractivity contribution in [3.05, 3.63) is 40.4 Å². The maximum Gasteiger partial charge on any atom is 0.226 e. The van der Waals surface area contributed by atoms with Crippen molar-refractivity contribution in [3.63, 3.8) is 0 Å². The summed E-state index contributed by atoms with van der Waals surface area (Å²) in [5.74, 6) is -0.0203. The van der Waals surface area contributed by atoms with Gasteiger partial charge in [-0.3, -0.25) is 4.79 Å². The Morgan fingerprint density at radius 3 is 2.90 bits per heavy atom. The summed E-state index contributed by atoms with van der Waals surface area (Å²) >= 11 is 7.65. The fraction of sp³-hybridized carbons (Fsp3) is 0.333. The first-order valence-corrected chi connectivity index (χ1v) is 7.99. The molecule has 1 aromatic carbocycles. The molecule has 2 N–H and O–H groups in total. The van der Waals surface area contributed by atoms with Crippen molar-refractivity contribution in [1.82, 2.24) is 15.6 Å². The number of halogens is 1. The minimum atomic E-state index is -0.0203. The van der Waals surface area contributed by atoms with Gasteiger partial charge in [0.1, 0.15) is 5.01 Å². The quantitative estimate of drug-likeness (QED) is 0.859. The van der Waals surface area contributed by atoms with E-state index >= 15 is 0 Å². The van der Waals surface area contributed by atoms with Gasteiger partial charge in [0.2, 0.25) is 5.91 Å². The molecule has 6 heteroatoms. The third kappa shape index (κ3) is 4.52. The Bertz CT molecular complexity index is 614. The molecule has 21 heavy (non-hydrogen) atoms. The fourth-order valence-corrected chi connectivity index (χ4v) is 2.88. The third-order valence-corrected chi connectivity index (χ3v) is 4.35. The average Bonchev–Trinajstić information content (AvgIpc) is 2.93. The summed E-state index contributed by atoms with van der Waals surface area (Å²) < 4.78 is 0. The van der Waals surface area contributed by atoms with E-state index in [4.69, 9.17) is 11.6 Å². The predicted molar refractivity (Wildman–Crippen MR) is 87.8 cm³/mol. The van der Waals surface area contributed by atoms with E-state index in [1.807, 2.05) is 43.6 Å². The number of hydrogen-bond donors (Lipinski definition) is 2. The topological polar surface area (TPSA) is 54.0 Å². The van der Waals surface area contributed by atoms with Gasteiger partial charge in [0, 0.05) is 23.5 Å². The number of benzene rings is 1. The van der Waals surface area contributed by atoms with Crippen LogP contribution in [0.5, 0.6) is 0 Å². The summed E-state index contributed by atoms with van der Waals surface area (Å²) in [6, 6.07) is 7.83. The number of nitrogens with one attached hydrogen (secondary N) is 2.